The van der Waals surface area contributed by atoms with Gasteiger partial charge >= 0.3 is 5.97 Å². The van der Waals surface area contributed by atoms with Gasteiger partial charge in [0.2, 0.25) is 0 Å². The average molecular weight is 381 g/mol. The molecule has 0 amide bonds. The molecular weight excluding hydrogens is 354 g/mol. The maximum Gasteiger partial charge on any atom is 0.317 e. The number of aliphatic hydroxyl groups is 1. The Hall–Kier alpha value is -2.70. The first-order valence-electron chi connectivity index (χ1n) is 9.15. The average Bonchev–Trinajstić information content (AvgIpc) is 2.94. The van der Waals surface area contributed by atoms with Crippen LogP contribution in [0.3, 0.4) is 0 Å². The van der Waals surface area contributed by atoms with E-state index in [2.05, 4.69) is 34.7 Å². The molecule has 1 aromatic carbocycles. The number of carbonyl (C=O) groups is 1. The minimum absolute atomic E-state index is 0. The lowest BCUT2D eigenvalue weighted by molar-refractivity contribution is -0.138. The minimum Gasteiger partial charge on any atom is -0.480 e. The third kappa shape index (κ3) is 3.79. The molecule has 1 atom stereocenters. The molecule has 1 aliphatic heterocycles. The highest BCUT2D eigenvalue weighted by molar-refractivity contribution is 5.86. The Labute approximate surface area is 165 Å². The first-order valence-corrected chi connectivity index (χ1v) is 9.15. The number of carboxylic acids is 1. The maximum absolute atomic E-state index is 11.1. The van der Waals surface area contributed by atoms with E-state index in [0.717, 1.165) is 22.9 Å². The number of aliphatic carboxylic acids is 1. The lowest BCUT2D eigenvalue weighted by Crippen LogP contribution is -2.35. The van der Waals surface area contributed by atoms with Crippen LogP contribution in [-0.2, 0) is 24.3 Å². The van der Waals surface area contributed by atoms with Crippen LogP contribution in [0.25, 0.3) is 10.9 Å². The largest absolute Gasteiger partial charge is 0.480 e. The summed E-state index contributed by atoms with van der Waals surface area (Å²) in [6.45, 7) is 3.92. The minimum atomic E-state index is -0.800. The van der Waals surface area contributed by atoms with Crippen molar-refractivity contribution >= 4 is 16.9 Å². The van der Waals surface area contributed by atoms with Crippen molar-refractivity contribution in [3.05, 3.63) is 65.1 Å². The molecule has 1 unspecified atom stereocenters. The molecule has 148 valence electrons. The Morgan fingerprint density at radius 1 is 1.25 bits per heavy atom. The van der Waals surface area contributed by atoms with E-state index >= 15 is 0 Å². The molecule has 0 radical (unpaired) electrons. The van der Waals surface area contributed by atoms with Crippen molar-refractivity contribution < 1.29 is 15.0 Å². The van der Waals surface area contributed by atoms with Gasteiger partial charge in [-0.1, -0.05) is 19.1 Å². The van der Waals surface area contributed by atoms with Gasteiger partial charge in [0.05, 0.1) is 19.2 Å². The van der Waals surface area contributed by atoms with Gasteiger partial charge in [0.1, 0.15) is 0 Å². The number of benzene rings is 1. The highest BCUT2D eigenvalue weighted by atomic mass is 16.4. The van der Waals surface area contributed by atoms with Crippen LogP contribution in [0.15, 0.2) is 42.7 Å². The summed E-state index contributed by atoms with van der Waals surface area (Å²) < 4.78 is 2.20. The van der Waals surface area contributed by atoms with Crippen molar-refractivity contribution in [2.45, 2.75) is 40.0 Å². The molecule has 4 rings (SSSR count). The Bertz CT molecular complexity index is 982. The monoisotopic (exact) mass is 381 g/mol. The second-order valence-corrected chi connectivity index (χ2v) is 7.21. The molecular formula is C22H27N3O3. The lowest BCUT2D eigenvalue weighted by atomic mass is 10.0. The number of pyridine rings is 1. The van der Waals surface area contributed by atoms with Gasteiger partial charge in [-0.25, -0.2) is 0 Å². The zero-order chi connectivity index (χ0) is 19.0. The fourth-order valence-electron chi connectivity index (χ4n) is 4.02. The summed E-state index contributed by atoms with van der Waals surface area (Å²) in [4.78, 5) is 17.1. The standard InChI is InChI=1S/C21H23N3O3.CH4/c1-14-2-3-18-16(10-14)17-11-23(13-21(26)27)9-6-19(17)24(18)12-20(25)15-4-7-22-8-5-15;/h2-5,7-8,10,20,25H,6,9,11-13H2,1H3,(H,26,27);1H4. The third-order valence-corrected chi connectivity index (χ3v) is 5.29. The zero-order valence-electron chi connectivity index (χ0n) is 15.3. The van der Waals surface area contributed by atoms with Gasteiger partial charge in [0.25, 0.3) is 0 Å². The van der Waals surface area contributed by atoms with Crippen LogP contribution in [0.1, 0.15) is 35.9 Å². The quantitative estimate of drug-likeness (QED) is 0.710. The summed E-state index contributed by atoms with van der Waals surface area (Å²) in [6, 6.07) is 10.0. The van der Waals surface area contributed by atoms with Gasteiger partial charge in [0.15, 0.2) is 0 Å². The molecule has 6 heteroatoms. The van der Waals surface area contributed by atoms with Crippen molar-refractivity contribution in [3.8, 4) is 0 Å². The maximum atomic E-state index is 11.1. The summed E-state index contributed by atoms with van der Waals surface area (Å²) in [7, 11) is 0. The third-order valence-electron chi connectivity index (χ3n) is 5.29. The van der Waals surface area contributed by atoms with E-state index in [9.17, 15) is 9.90 Å². The molecule has 3 aromatic rings. The first-order chi connectivity index (χ1) is 13.0. The van der Waals surface area contributed by atoms with Crippen LogP contribution in [0.5, 0.6) is 0 Å². The van der Waals surface area contributed by atoms with Crippen LogP contribution in [-0.4, -0.2) is 43.7 Å². The van der Waals surface area contributed by atoms with Gasteiger partial charge in [-0.05, 0) is 42.3 Å². The van der Waals surface area contributed by atoms with Crippen LogP contribution in [0.2, 0.25) is 0 Å². The second-order valence-electron chi connectivity index (χ2n) is 7.21. The molecule has 0 spiro atoms. The molecule has 0 saturated carbocycles. The van der Waals surface area contributed by atoms with E-state index in [1.165, 1.54) is 16.8 Å². The number of carboxylic acid groups (broad SMARTS) is 1. The molecule has 0 bridgehead atoms. The van der Waals surface area contributed by atoms with E-state index in [0.29, 0.717) is 19.6 Å². The highest BCUT2D eigenvalue weighted by Crippen LogP contribution is 2.33. The fourth-order valence-corrected chi connectivity index (χ4v) is 4.02. The number of nitrogens with zero attached hydrogens (tertiary/aromatic N) is 3. The molecule has 0 aliphatic carbocycles. The van der Waals surface area contributed by atoms with Gasteiger partial charge in [-0.3, -0.25) is 14.7 Å². The van der Waals surface area contributed by atoms with Crippen LogP contribution in [0, 0.1) is 6.92 Å². The van der Waals surface area contributed by atoms with Gasteiger partial charge in [-0.2, -0.15) is 0 Å². The normalized spacial score (nSPS) is 15.1. The van der Waals surface area contributed by atoms with Crippen molar-refractivity contribution in [3.63, 3.8) is 0 Å². The van der Waals surface area contributed by atoms with Crippen molar-refractivity contribution in [1.29, 1.82) is 0 Å². The summed E-state index contributed by atoms with van der Waals surface area (Å²) in [5.74, 6) is -0.800. The molecule has 0 saturated heterocycles. The SMILES string of the molecule is C.Cc1ccc2c(c1)c1c(n2CC(O)c2ccncc2)CCN(CC(=O)O)C1. The van der Waals surface area contributed by atoms with Gasteiger partial charge in [0, 0.05) is 48.5 Å². The first kappa shape index (κ1) is 20.0. The Morgan fingerprint density at radius 2 is 2.00 bits per heavy atom. The highest BCUT2D eigenvalue weighted by Gasteiger charge is 2.26. The number of hydrogen-bond donors (Lipinski definition) is 2. The summed E-state index contributed by atoms with van der Waals surface area (Å²) in [5, 5.41) is 21.0. The number of rotatable bonds is 5. The number of aryl methyl sites for hydroxylation is 1. The van der Waals surface area contributed by atoms with Crippen molar-refractivity contribution in [1.82, 2.24) is 14.5 Å². The predicted octanol–water partition coefficient (Wildman–Crippen LogP) is 3.16. The van der Waals surface area contributed by atoms with E-state index in [4.69, 9.17) is 5.11 Å². The van der Waals surface area contributed by atoms with E-state index in [1.54, 1.807) is 12.4 Å². The number of aromatic nitrogens is 2. The fraction of sp³-hybridized carbons (Fsp3) is 0.364. The van der Waals surface area contributed by atoms with Gasteiger partial charge in [-0.15, -0.1) is 0 Å². The molecule has 3 heterocycles. The number of fused-ring (bicyclic) bond motifs is 3. The molecule has 2 aromatic heterocycles. The Morgan fingerprint density at radius 3 is 2.71 bits per heavy atom. The topological polar surface area (TPSA) is 78.6 Å². The molecule has 6 nitrogen and oxygen atoms in total. The van der Waals surface area contributed by atoms with E-state index in [-0.39, 0.29) is 14.0 Å². The molecule has 2 N–H and O–H groups in total. The van der Waals surface area contributed by atoms with Crippen molar-refractivity contribution in [2.24, 2.45) is 0 Å². The van der Waals surface area contributed by atoms with E-state index < -0.39 is 12.1 Å². The van der Waals surface area contributed by atoms with Crippen LogP contribution >= 0.6 is 0 Å². The molecule has 28 heavy (non-hydrogen) atoms. The Balaban J connectivity index is 0.00000225. The van der Waals surface area contributed by atoms with Gasteiger partial charge < -0.3 is 14.8 Å². The lowest BCUT2D eigenvalue weighted by Gasteiger charge is -2.27. The molecule has 1 aliphatic rings. The summed E-state index contributed by atoms with van der Waals surface area (Å²) in [5.41, 5.74) is 5.49. The summed E-state index contributed by atoms with van der Waals surface area (Å²) >= 11 is 0. The number of hydrogen-bond acceptors (Lipinski definition) is 4. The predicted molar refractivity (Wildman–Crippen MR) is 109 cm³/mol. The smallest absolute Gasteiger partial charge is 0.317 e. The van der Waals surface area contributed by atoms with Crippen LogP contribution in [0.4, 0.5) is 0 Å². The number of aliphatic hydroxyl groups excluding tert-OH is 1. The summed E-state index contributed by atoms with van der Waals surface area (Å²) in [6.07, 6.45) is 3.54. The van der Waals surface area contributed by atoms with Crippen molar-refractivity contribution in [2.75, 3.05) is 13.1 Å². The Kier molecular flexibility index (Phi) is 5.82. The zero-order valence-corrected chi connectivity index (χ0v) is 15.3. The van der Waals surface area contributed by atoms with E-state index in [1.807, 2.05) is 17.0 Å². The second kappa shape index (κ2) is 8.12. The van der Waals surface area contributed by atoms with Crippen LogP contribution < -0.4 is 0 Å². The molecule has 0 fully saturated rings.